The average molecular weight is 313 g/mol. The summed E-state index contributed by atoms with van der Waals surface area (Å²) in [7, 11) is 0. The minimum absolute atomic E-state index is 0.882. The molecule has 1 heterocycles. The lowest BCUT2D eigenvalue weighted by atomic mass is 10.0. The Morgan fingerprint density at radius 2 is 1.79 bits per heavy atom. The molecule has 2 aromatic rings. The molecule has 1 heteroatoms. The van der Waals surface area contributed by atoms with Gasteiger partial charge in [-0.25, -0.2) is 0 Å². The maximum absolute atomic E-state index is 5.57. The van der Waals surface area contributed by atoms with Gasteiger partial charge in [0, 0.05) is 24.4 Å². The Morgan fingerprint density at radius 3 is 2.50 bits per heavy atom. The van der Waals surface area contributed by atoms with Crippen LogP contribution in [0.4, 0.5) is 0 Å². The maximum Gasteiger partial charge on any atom is 0.0434 e. The fraction of sp³-hybridized carbons (Fsp3) is 0.217. The van der Waals surface area contributed by atoms with Crippen molar-refractivity contribution in [1.29, 1.82) is 0 Å². The fourth-order valence-electron chi connectivity index (χ4n) is 3.26. The van der Waals surface area contributed by atoms with E-state index in [-0.39, 0.29) is 0 Å². The summed E-state index contributed by atoms with van der Waals surface area (Å²) < 4.78 is 0. The van der Waals surface area contributed by atoms with Crippen molar-refractivity contribution in [1.82, 2.24) is 4.90 Å². The summed E-state index contributed by atoms with van der Waals surface area (Å²) >= 11 is 0. The number of terminal acetylenes is 1. The largest absolute Gasteiger partial charge is 0.365 e. The molecule has 0 bridgehead atoms. The zero-order chi connectivity index (χ0) is 16.9. The summed E-state index contributed by atoms with van der Waals surface area (Å²) in [5, 5.41) is 0. The molecule has 0 fully saturated rings. The van der Waals surface area contributed by atoms with Crippen molar-refractivity contribution < 1.29 is 0 Å². The second-order valence-electron chi connectivity index (χ2n) is 6.29. The minimum Gasteiger partial charge on any atom is -0.365 e. The molecule has 1 nitrogen and oxygen atoms in total. The van der Waals surface area contributed by atoms with E-state index >= 15 is 0 Å². The van der Waals surface area contributed by atoms with Gasteiger partial charge in [-0.2, -0.15) is 0 Å². The zero-order valence-corrected chi connectivity index (χ0v) is 14.3. The van der Waals surface area contributed by atoms with E-state index < -0.39 is 0 Å². The van der Waals surface area contributed by atoms with Gasteiger partial charge in [0.15, 0.2) is 0 Å². The summed E-state index contributed by atoms with van der Waals surface area (Å²) in [5.41, 5.74) is 7.63. The zero-order valence-electron chi connectivity index (χ0n) is 14.3. The first-order chi connectivity index (χ1) is 11.7. The Hall–Kier alpha value is -2.72. The number of nitrogens with zero attached hydrogens (tertiary/aromatic N) is 1. The molecule has 0 saturated heterocycles. The van der Waals surface area contributed by atoms with Crippen LogP contribution >= 0.6 is 0 Å². The Bertz CT molecular complexity index is 806. The number of benzene rings is 2. The van der Waals surface area contributed by atoms with Gasteiger partial charge in [0.05, 0.1) is 0 Å². The highest BCUT2D eigenvalue weighted by Crippen LogP contribution is 2.28. The molecule has 120 valence electrons. The Labute approximate surface area is 145 Å². The molecule has 0 radical (unpaired) electrons. The van der Waals surface area contributed by atoms with Gasteiger partial charge >= 0.3 is 0 Å². The molecular weight excluding hydrogens is 290 g/mol. The van der Waals surface area contributed by atoms with Crippen LogP contribution in [-0.4, -0.2) is 4.90 Å². The van der Waals surface area contributed by atoms with Crippen molar-refractivity contribution in [3.05, 3.63) is 94.7 Å². The SMILES string of the molecule is C#C/C(C=C)=C(/C)N1Cc2ccc(CCc3ccccc3)cc2C1. The molecule has 0 atom stereocenters. The van der Waals surface area contributed by atoms with Crippen LogP contribution in [0.1, 0.15) is 29.2 Å². The number of allylic oxidation sites excluding steroid dienone is 3. The first-order valence-electron chi connectivity index (χ1n) is 8.40. The van der Waals surface area contributed by atoms with E-state index in [1.54, 1.807) is 6.08 Å². The molecule has 1 aliphatic rings. The van der Waals surface area contributed by atoms with E-state index in [1.807, 2.05) is 0 Å². The van der Waals surface area contributed by atoms with E-state index in [0.717, 1.165) is 37.2 Å². The minimum atomic E-state index is 0.882. The van der Waals surface area contributed by atoms with Crippen molar-refractivity contribution in [2.24, 2.45) is 0 Å². The van der Waals surface area contributed by atoms with Gasteiger partial charge in [0.2, 0.25) is 0 Å². The highest BCUT2D eigenvalue weighted by Gasteiger charge is 2.20. The second kappa shape index (κ2) is 7.23. The van der Waals surface area contributed by atoms with E-state index in [4.69, 9.17) is 6.42 Å². The molecule has 0 saturated carbocycles. The summed E-state index contributed by atoms with van der Waals surface area (Å²) in [4.78, 5) is 2.34. The van der Waals surface area contributed by atoms with Gasteiger partial charge in [0.25, 0.3) is 0 Å². The van der Waals surface area contributed by atoms with Gasteiger partial charge in [-0.05, 0) is 42.0 Å². The first-order valence-corrected chi connectivity index (χ1v) is 8.40. The van der Waals surface area contributed by atoms with Crippen molar-refractivity contribution in [3.63, 3.8) is 0 Å². The summed E-state index contributed by atoms with van der Waals surface area (Å²) in [6, 6.07) is 17.6. The number of hydrogen-bond donors (Lipinski definition) is 0. The normalized spacial score (nSPS) is 13.9. The van der Waals surface area contributed by atoms with Gasteiger partial charge in [0.1, 0.15) is 0 Å². The van der Waals surface area contributed by atoms with Crippen LogP contribution < -0.4 is 0 Å². The Morgan fingerprint density at radius 1 is 1.08 bits per heavy atom. The molecule has 2 aromatic carbocycles. The second-order valence-corrected chi connectivity index (χ2v) is 6.29. The first kappa shape index (κ1) is 16.1. The predicted molar refractivity (Wildman–Crippen MR) is 101 cm³/mol. The lowest BCUT2D eigenvalue weighted by Crippen LogP contribution is -2.14. The molecule has 0 unspecified atom stereocenters. The van der Waals surface area contributed by atoms with Crippen LogP contribution in [0.15, 0.2) is 72.5 Å². The van der Waals surface area contributed by atoms with Gasteiger partial charge < -0.3 is 4.90 Å². The molecule has 0 aromatic heterocycles. The molecule has 1 aliphatic heterocycles. The maximum atomic E-state index is 5.57. The quantitative estimate of drug-likeness (QED) is 0.561. The highest BCUT2D eigenvalue weighted by molar-refractivity contribution is 5.41. The third kappa shape index (κ3) is 3.44. The number of fused-ring (bicyclic) bond motifs is 1. The van der Waals surface area contributed by atoms with Gasteiger partial charge in [-0.3, -0.25) is 0 Å². The fourth-order valence-corrected chi connectivity index (χ4v) is 3.26. The molecule has 0 aliphatic carbocycles. The lowest BCUT2D eigenvalue weighted by molar-refractivity contribution is 0.362. The van der Waals surface area contributed by atoms with Crippen molar-refractivity contribution in [2.45, 2.75) is 32.9 Å². The van der Waals surface area contributed by atoms with Gasteiger partial charge in [-0.1, -0.05) is 67.1 Å². The average Bonchev–Trinajstić information content (AvgIpc) is 3.05. The summed E-state index contributed by atoms with van der Waals surface area (Å²) in [6.07, 6.45) is 9.50. The predicted octanol–water partition coefficient (Wildman–Crippen LogP) is 4.88. The van der Waals surface area contributed by atoms with E-state index in [9.17, 15) is 0 Å². The van der Waals surface area contributed by atoms with Crippen LogP contribution in [0, 0.1) is 12.3 Å². The smallest absolute Gasteiger partial charge is 0.0434 e. The number of aryl methyl sites for hydroxylation is 2. The van der Waals surface area contributed by atoms with E-state index in [2.05, 4.69) is 72.9 Å². The molecule has 0 amide bonds. The van der Waals surface area contributed by atoms with Crippen molar-refractivity contribution >= 4 is 0 Å². The highest BCUT2D eigenvalue weighted by atomic mass is 15.1. The molecule has 3 rings (SSSR count). The van der Waals surface area contributed by atoms with Gasteiger partial charge in [-0.15, -0.1) is 6.42 Å². The van der Waals surface area contributed by atoms with Crippen LogP contribution in [0.5, 0.6) is 0 Å². The van der Waals surface area contributed by atoms with Crippen LogP contribution in [0.25, 0.3) is 0 Å². The van der Waals surface area contributed by atoms with Crippen molar-refractivity contribution in [3.8, 4) is 12.3 Å². The summed E-state index contributed by atoms with van der Waals surface area (Å²) in [5.74, 6) is 2.72. The standard InChI is InChI=1S/C23H23N/c1-4-21(5-2)18(3)24-16-22-14-13-20(15-23(22)17-24)12-11-19-9-7-6-8-10-19/h1,5-10,13-15H,2,11-12,16-17H2,3H3/b21-18+. The van der Waals surface area contributed by atoms with E-state index in [0.29, 0.717) is 0 Å². The summed E-state index contributed by atoms with van der Waals surface area (Å²) in [6.45, 7) is 7.76. The number of hydrogen-bond acceptors (Lipinski definition) is 1. The number of rotatable bonds is 5. The lowest BCUT2D eigenvalue weighted by Gasteiger charge is -2.19. The van der Waals surface area contributed by atoms with Crippen LogP contribution in [0.3, 0.4) is 0 Å². The van der Waals surface area contributed by atoms with Crippen LogP contribution in [-0.2, 0) is 25.9 Å². The monoisotopic (exact) mass is 313 g/mol. The molecular formula is C23H23N. The molecule has 24 heavy (non-hydrogen) atoms. The third-order valence-corrected chi connectivity index (χ3v) is 4.76. The third-order valence-electron chi connectivity index (χ3n) is 4.76. The molecule has 0 spiro atoms. The van der Waals surface area contributed by atoms with Crippen molar-refractivity contribution in [2.75, 3.05) is 0 Å². The topological polar surface area (TPSA) is 3.24 Å². The Kier molecular flexibility index (Phi) is 4.87. The molecule has 0 N–H and O–H groups in total. The Balaban J connectivity index is 1.71. The van der Waals surface area contributed by atoms with E-state index in [1.165, 1.54) is 22.3 Å². The van der Waals surface area contributed by atoms with Crippen LogP contribution in [0.2, 0.25) is 0 Å².